The van der Waals surface area contributed by atoms with Crippen LogP contribution in [0.1, 0.15) is 11.1 Å². The average Bonchev–Trinajstić information content (AvgIpc) is 2.82. The third-order valence-corrected chi connectivity index (χ3v) is 3.13. The Morgan fingerprint density at radius 2 is 2.11 bits per heavy atom. The summed E-state index contributed by atoms with van der Waals surface area (Å²) in [7, 11) is 0. The van der Waals surface area contributed by atoms with Crippen molar-refractivity contribution >= 4 is 17.3 Å². The fourth-order valence-electron chi connectivity index (χ4n) is 2.29. The van der Waals surface area contributed by atoms with E-state index in [1.807, 2.05) is 12.1 Å². The molecule has 2 heterocycles. The lowest BCUT2D eigenvalue weighted by Gasteiger charge is -2.19. The van der Waals surface area contributed by atoms with Gasteiger partial charge in [-0.1, -0.05) is 18.2 Å². The van der Waals surface area contributed by atoms with Crippen molar-refractivity contribution < 1.29 is 0 Å². The van der Waals surface area contributed by atoms with Crippen molar-refractivity contribution in [2.75, 3.05) is 11.4 Å². The summed E-state index contributed by atoms with van der Waals surface area (Å²) >= 11 is 0. The van der Waals surface area contributed by atoms with Crippen molar-refractivity contribution in [3.8, 4) is 0 Å². The number of amidine groups is 1. The van der Waals surface area contributed by atoms with E-state index in [1.54, 1.807) is 12.3 Å². The summed E-state index contributed by atoms with van der Waals surface area (Å²) in [4.78, 5) is 2.07. The highest BCUT2D eigenvalue weighted by atomic mass is 15.3. The van der Waals surface area contributed by atoms with Crippen LogP contribution in [-0.2, 0) is 6.42 Å². The van der Waals surface area contributed by atoms with Gasteiger partial charge in [0.1, 0.15) is 5.84 Å². The molecule has 0 unspecified atom stereocenters. The molecule has 0 radical (unpaired) electrons. The van der Waals surface area contributed by atoms with E-state index in [1.165, 1.54) is 5.56 Å². The highest BCUT2D eigenvalue weighted by molar-refractivity contribution is 6.00. The molecule has 0 saturated heterocycles. The number of nitrogens with one attached hydrogen (secondary N) is 1. The fourth-order valence-corrected chi connectivity index (χ4v) is 2.29. The number of nitrogens with two attached hydrogens (primary N) is 1. The van der Waals surface area contributed by atoms with Crippen molar-refractivity contribution in [2.45, 2.75) is 6.42 Å². The van der Waals surface area contributed by atoms with Gasteiger partial charge in [-0.25, -0.2) is 0 Å². The number of hydrogen-bond donors (Lipinski definition) is 2. The molecular weight excluding hydrogens is 226 g/mol. The zero-order valence-electron chi connectivity index (χ0n) is 9.80. The van der Waals surface area contributed by atoms with Gasteiger partial charge in [-0.05, 0) is 24.1 Å². The summed E-state index contributed by atoms with van der Waals surface area (Å²) in [5, 5.41) is 15.6. The Morgan fingerprint density at radius 3 is 2.94 bits per heavy atom. The predicted octanol–water partition coefficient (Wildman–Crippen LogP) is 1.45. The maximum atomic E-state index is 7.61. The first-order valence-corrected chi connectivity index (χ1v) is 5.79. The van der Waals surface area contributed by atoms with Gasteiger partial charge in [0.25, 0.3) is 0 Å². The summed E-state index contributed by atoms with van der Waals surface area (Å²) < 4.78 is 0. The third kappa shape index (κ3) is 1.60. The van der Waals surface area contributed by atoms with Crippen LogP contribution in [0, 0.1) is 5.41 Å². The fraction of sp³-hybridized carbons (Fsp3) is 0.154. The Kier molecular flexibility index (Phi) is 2.44. The van der Waals surface area contributed by atoms with Crippen LogP contribution in [0.5, 0.6) is 0 Å². The standard InChI is InChI=1S/C13H13N5/c14-12(15)10-5-7-16-17-13(10)18-8-6-9-3-1-2-4-11(9)18/h1-5,7H,6,8H2,(H3,14,15). The summed E-state index contributed by atoms with van der Waals surface area (Å²) in [6, 6.07) is 9.93. The molecule has 1 aromatic heterocycles. The van der Waals surface area contributed by atoms with Crippen LogP contribution in [0.2, 0.25) is 0 Å². The molecule has 18 heavy (non-hydrogen) atoms. The molecule has 0 amide bonds. The van der Waals surface area contributed by atoms with Crippen molar-refractivity contribution in [1.82, 2.24) is 10.2 Å². The van der Waals surface area contributed by atoms with Gasteiger partial charge in [0.05, 0.1) is 11.8 Å². The van der Waals surface area contributed by atoms with E-state index in [4.69, 9.17) is 11.1 Å². The van der Waals surface area contributed by atoms with Gasteiger partial charge in [-0.3, -0.25) is 5.41 Å². The normalized spacial score (nSPS) is 13.4. The number of hydrogen-bond acceptors (Lipinski definition) is 4. The van der Waals surface area contributed by atoms with Gasteiger partial charge in [-0.2, -0.15) is 5.10 Å². The molecule has 1 aliphatic heterocycles. The lowest BCUT2D eigenvalue weighted by atomic mass is 10.2. The molecule has 0 bridgehead atoms. The smallest absolute Gasteiger partial charge is 0.166 e. The molecule has 2 aromatic rings. The SMILES string of the molecule is N=C(N)c1ccnnc1N1CCc2ccccc21. The topological polar surface area (TPSA) is 78.9 Å². The largest absolute Gasteiger partial charge is 0.384 e. The van der Waals surface area contributed by atoms with Gasteiger partial charge in [0.15, 0.2) is 5.82 Å². The maximum Gasteiger partial charge on any atom is 0.166 e. The van der Waals surface area contributed by atoms with Gasteiger partial charge in [-0.15, -0.1) is 5.10 Å². The Hall–Kier alpha value is -2.43. The van der Waals surface area contributed by atoms with Crippen LogP contribution in [-0.4, -0.2) is 22.6 Å². The van der Waals surface area contributed by atoms with Crippen LogP contribution >= 0.6 is 0 Å². The van der Waals surface area contributed by atoms with E-state index in [2.05, 4.69) is 27.2 Å². The zero-order valence-corrected chi connectivity index (χ0v) is 9.80. The van der Waals surface area contributed by atoms with Crippen LogP contribution in [0.4, 0.5) is 11.5 Å². The quantitative estimate of drug-likeness (QED) is 0.614. The second kappa shape index (κ2) is 4.10. The molecule has 3 rings (SSSR count). The highest BCUT2D eigenvalue weighted by Crippen LogP contribution is 2.34. The first-order valence-electron chi connectivity index (χ1n) is 5.79. The monoisotopic (exact) mass is 239 g/mol. The van der Waals surface area contributed by atoms with Gasteiger partial charge >= 0.3 is 0 Å². The Labute approximate surface area is 105 Å². The minimum atomic E-state index is 0.0179. The van der Waals surface area contributed by atoms with E-state index in [9.17, 15) is 0 Å². The van der Waals surface area contributed by atoms with E-state index < -0.39 is 0 Å². The van der Waals surface area contributed by atoms with Crippen LogP contribution < -0.4 is 10.6 Å². The molecular formula is C13H13N5. The van der Waals surface area contributed by atoms with Crippen molar-refractivity contribution in [1.29, 1.82) is 5.41 Å². The average molecular weight is 239 g/mol. The van der Waals surface area contributed by atoms with Crippen molar-refractivity contribution in [2.24, 2.45) is 5.73 Å². The van der Waals surface area contributed by atoms with E-state index in [0.29, 0.717) is 11.4 Å². The third-order valence-electron chi connectivity index (χ3n) is 3.13. The highest BCUT2D eigenvalue weighted by Gasteiger charge is 2.23. The molecule has 5 heteroatoms. The lowest BCUT2D eigenvalue weighted by Crippen LogP contribution is -2.22. The van der Waals surface area contributed by atoms with Gasteiger partial charge in [0.2, 0.25) is 0 Å². The van der Waals surface area contributed by atoms with E-state index in [-0.39, 0.29) is 5.84 Å². The minimum Gasteiger partial charge on any atom is -0.384 e. The van der Waals surface area contributed by atoms with Gasteiger partial charge < -0.3 is 10.6 Å². The van der Waals surface area contributed by atoms with Gasteiger partial charge in [0, 0.05) is 12.2 Å². The Balaban J connectivity index is 2.10. The summed E-state index contributed by atoms with van der Waals surface area (Å²) in [5.41, 5.74) is 8.63. The Morgan fingerprint density at radius 1 is 1.28 bits per heavy atom. The summed E-state index contributed by atoms with van der Waals surface area (Å²) in [5.74, 6) is 0.680. The molecule has 5 nitrogen and oxygen atoms in total. The maximum absolute atomic E-state index is 7.61. The number of para-hydroxylation sites is 1. The molecule has 0 aliphatic carbocycles. The second-order valence-electron chi connectivity index (χ2n) is 4.21. The van der Waals surface area contributed by atoms with E-state index in [0.717, 1.165) is 18.7 Å². The Bertz CT molecular complexity index is 608. The summed E-state index contributed by atoms with van der Waals surface area (Å²) in [6.45, 7) is 0.846. The number of benzene rings is 1. The molecule has 1 aliphatic rings. The predicted molar refractivity (Wildman–Crippen MR) is 70.2 cm³/mol. The lowest BCUT2D eigenvalue weighted by molar-refractivity contribution is 0.924. The molecule has 1 aromatic carbocycles. The minimum absolute atomic E-state index is 0.0179. The summed E-state index contributed by atoms with van der Waals surface area (Å²) in [6.07, 6.45) is 2.53. The van der Waals surface area contributed by atoms with Crippen molar-refractivity contribution in [3.63, 3.8) is 0 Å². The number of fused-ring (bicyclic) bond motifs is 1. The number of rotatable bonds is 2. The zero-order chi connectivity index (χ0) is 12.5. The number of aromatic nitrogens is 2. The van der Waals surface area contributed by atoms with Crippen LogP contribution in [0.15, 0.2) is 36.5 Å². The second-order valence-corrected chi connectivity index (χ2v) is 4.21. The molecule has 0 spiro atoms. The first-order chi connectivity index (χ1) is 8.77. The molecule has 0 saturated carbocycles. The molecule has 90 valence electrons. The number of nitrogen functional groups attached to an aromatic ring is 1. The van der Waals surface area contributed by atoms with Crippen molar-refractivity contribution in [3.05, 3.63) is 47.7 Å². The van der Waals surface area contributed by atoms with E-state index >= 15 is 0 Å². The molecule has 3 N–H and O–H groups in total. The molecule has 0 fully saturated rings. The molecule has 0 atom stereocenters. The first kappa shape index (κ1) is 10.7. The van der Waals surface area contributed by atoms with Crippen LogP contribution in [0.25, 0.3) is 0 Å². The number of nitrogens with zero attached hydrogens (tertiary/aromatic N) is 3. The number of anilines is 2. The van der Waals surface area contributed by atoms with Crippen LogP contribution in [0.3, 0.4) is 0 Å².